The van der Waals surface area contributed by atoms with E-state index in [0.29, 0.717) is 18.9 Å². The standard InChI is InChI=1S/C11H14N4O2/c16-10(14-9-3-1-2-4-13-9)11(17)15-7-5-12-6-8-15/h1-4,12H,5-8H2,(H,13,14,16). The van der Waals surface area contributed by atoms with Crippen molar-refractivity contribution in [2.75, 3.05) is 31.5 Å². The number of carbonyl (C=O) groups is 2. The van der Waals surface area contributed by atoms with Gasteiger partial charge < -0.3 is 15.5 Å². The molecular weight excluding hydrogens is 220 g/mol. The van der Waals surface area contributed by atoms with Gasteiger partial charge in [-0.3, -0.25) is 9.59 Å². The van der Waals surface area contributed by atoms with Crippen LogP contribution in [0, 0.1) is 0 Å². The van der Waals surface area contributed by atoms with Gasteiger partial charge in [-0.25, -0.2) is 4.98 Å². The highest BCUT2D eigenvalue weighted by Crippen LogP contribution is 2.01. The molecule has 0 saturated carbocycles. The Kier molecular flexibility index (Phi) is 3.66. The van der Waals surface area contributed by atoms with Crippen LogP contribution in [0.25, 0.3) is 0 Å². The maximum atomic E-state index is 11.8. The normalized spacial score (nSPS) is 15.4. The van der Waals surface area contributed by atoms with E-state index in [0.717, 1.165) is 13.1 Å². The molecule has 1 aromatic heterocycles. The first-order chi connectivity index (χ1) is 8.27. The number of aromatic nitrogens is 1. The molecule has 1 fully saturated rings. The van der Waals surface area contributed by atoms with Gasteiger partial charge in [0, 0.05) is 32.4 Å². The lowest BCUT2D eigenvalue weighted by Crippen LogP contribution is -2.49. The molecular formula is C11H14N4O2. The van der Waals surface area contributed by atoms with E-state index in [-0.39, 0.29) is 0 Å². The Morgan fingerprint density at radius 2 is 2.06 bits per heavy atom. The molecule has 90 valence electrons. The highest BCUT2D eigenvalue weighted by atomic mass is 16.2. The first-order valence-electron chi connectivity index (χ1n) is 5.49. The van der Waals surface area contributed by atoms with Gasteiger partial charge in [0.15, 0.2) is 0 Å². The van der Waals surface area contributed by atoms with Gasteiger partial charge in [0.2, 0.25) is 0 Å². The summed E-state index contributed by atoms with van der Waals surface area (Å²) in [6, 6.07) is 5.13. The number of nitrogens with one attached hydrogen (secondary N) is 2. The third-order valence-corrected chi connectivity index (χ3v) is 2.50. The fourth-order valence-electron chi connectivity index (χ4n) is 1.62. The Balaban J connectivity index is 1.93. The molecule has 2 rings (SSSR count). The van der Waals surface area contributed by atoms with Crippen LogP contribution in [-0.4, -0.2) is 47.9 Å². The molecule has 17 heavy (non-hydrogen) atoms. The molecule has 0 atom stereocenters. The lowest BCUT2D eigenvalue weighted by atomic mass is 10.3. The van der Waals surface area contributed by atoms with Gasteiger partial charge in [0.1, 0.15) is 5.82 Å². The van der Waals surface area contributed by atoms with Crippen LogP contribution in [0.2, 0.25) is 0 Å². The van der Waals surface area contributed by atoms with E-state index in [4.69, 9.17) is 0 Å². The molecule has 0 unspecified atom stereocenters. The zero-order valence-corrected chi connectivity index (χ0v) is 9.35. The molecule has 2 N–H and O–H groups in total. The number of piperazine rings is 1. The largest absolute Gasteiger partial charge is 0.332 e. The molecule has 0 bridgehead atoms. The van der Waals surface area contributed by atoms with Gasteiger partial charge in [-0.1, -0.05) is 6.07 Å². The number of rotatable bonds is 1. The zero-order chi connectivity index (χ0) is 12.1. The van der Waals surface area contributed by atoms with E-state index in [9.17, 15) is 9.59 Å². The molecule has 0 spiro atoms. The molecule has 0 aromatic carbocycles. The van der Waals surface area contributed by atoms with Crippen LogP contribution < -0.4 is 10.6 Å². The first-order valence-corrected chi connectivity index (χ1v) is 5.49. The fraction of sp³-hybridized carbons (Fsp3) is 0.364. The molecule has 1 aliphatic heterocycles. The second-order valence-corrected chi connectivity index (χ2v) is 3.71. The topological polar surface area (TPSA) is 74.3 Å². The smallest absolute Gasteiger partial charge is 0.315 e. The quantitative estimate of drug-likeness (QED) is 0.639. The number of nitrogens with zero attached hydrogens (tertiary/aromatic N) is 2. The monoisotopic (exact) mass is 234 g/mol. The summed E-state index contributed by atoms with van der Waals surface area (Å²) in [4.78, 5) is 28.9. The SMILES string of the molecule is O=C(Nc1ccccn1)C(=O)N1CCNCC1. The molecule has 6 heteroatoms. The fourth-order valence-corrected chi connectivity index (χ4v) is 1.62. The molecule has 1 saturated heterocycles. The van der Waals surface area contributed by atoms with Gasteiger partial charge in [-0.2, -0.15) is 0 Å². The maximum absolute atomic E-state index is 11.8. The first kappa shape index (κ1) is 11.5. The minimum absolute atomic E-state index is 0.390. The second kappa shape index (κ2) is 5.40. The number of hydrogen-bond acceptors (Lipinski definition) is 4. The van der Waals surface area contributed by atoms with Gasteiger partial charge >= 0.3 is 11.8 Å². The van der Waals surface area contributed by atoms with Crippen molar-refractivity contribution >= 4 is 17.6 Å². The number of pyridine rings is 1. The van der Waals surface area contributed by atoms with Gasteiger partial charge in [-0.15, -0.1) is 0 Å². The van der Waals surface area contributed by atoms with Crippen molar-refractivity contribution in [3.05, 3.63) is 24.4 Å². The van der Waals surface area contributed by atoms with E-state index in [2.05, 4.69) is 15.6 Å². The lowest BCUT2D eigenvalue weighted by molar-refractivity contribution is -0.143. The van der Waals surface area contributed by atoms with E-state index in [1.165, 1.54) is 4.90 Å². The molecule has 1 aromatic rings. The van der Waals surface area contributed by atoms with E-state index in [1.807, 2.05) is 0 Å². The van der Waals surface area contributed by atoms with Crippen LogP contribution in [0.1, 0.15) is 0 Å². The van der Waals surface area contributed by atoms with Crippen LogP contribution in [0.15, 0.2) is 24.4 Å². The predicted octanol–water partition coefficient (Wildman–Crippen LogP) is -0.548. The number of hydrogen-bond donors (Lipinski definition) is 2. The van der Waals surface area contributed by atoms with Crippen LogP contribution in [0.3, 0.4) is 0 Å². The highest BCUT2D eigenvalue weighted by molar-refractivity contribution is 6.39. The molecule has 2 amide bonds. The van der Waals surface area contributed by atoms with Gasteiger partial charge in [-0.05, 0) is 12.1 Å². The summed E-state index contributed by atoms with van der Waals surface area (Å²) in [6.45, 7) is 2.58. The average molecular weight is 234 g/mol. The van der Waals surface area contributed by atoms with Gasteiger partial charge in [0.05, 0.1) is 0 Å². The van der Waals surface area contributed by atoms with E-state index < -0.39 is 11.8 Å². The van der Waals surface area contributed by atoms with Crippen molar-refractivity contribution in [3.8, 4) is 0 Å². The third kappa shape index (κ3) is 3.01. The summed E-state index contributed by atoms with van der Waals surface area (Å²) in [7, 11) is 0. The summed E-state index contributed by atoms with van der Waals surface area (Å²) in [5, 5.41) is 5.60. The minimum atomic E-state index is -0.634. The molecule has 0 radical (unpaired) electrons. The van der Waals surface area contributed by atoms with E-state index in [1.54, 1.807) is 24.4 Å². The molecule has 2 heterocycles. The number of carbonyl (C=O) groups excluding carboxylic acids is 2. The summed E-state index contributed by atoms with van der Waals surface area (Å²) in [5.74, 6) is -0.747. The Morgan fingerprint density at radius 3 is 2.71 bits per heavy atom. The van der Waals surface area contributed by atoms with Crippen molar-refractivity contribution in [3.63, 3.8) is 0 Å². The van der Waals surface area contributed by atoms with Crippen LogP contribution in [-0.2, 0) is 9.59 Å². The number of amides is 2. The third-order valence-electron chi connectivity index (χ3n) is 2.50. The Labute approximate surface area is 99.0 Å². The Hall–Kier alpha value is -1.95. The summed E-state index contributed by atoms with van der Waals surface area (Å²) in [6.07, 6.45) is 1.56. The average Bonchev–Trinajstić information content (AvgIpc) is 2.40. The minimum Gasteiger partial charge on any atom is -0.332 e. The Bertz CT molecular complexity index is 401. The van der Waals surface area contributed by atoms with Crippen molar-refractivity contribution in [1.29, 1.82) is 0 Å². The second-order valence-electron chi connectivity index (χ2n) is 3.71. The lowest BCUT2D eigenvalue weighted by Gasteiger charge is -2.26. The maximum Gasteiger partial charge on any atom is 0.315 e. The van der Waals surface area contributed by atoms with Crippen LogP contribution >= 0.6 is 0 Å². The summed E-state index contributed by atoms with van der Waals surface area (Å²) < 4.78 is 0. The van der Waals surface area contributed by atoms with Crippen molar-refractivity contribution in [2.24, 2.45) is 0 Å². The predicted molar refractivity (Wildman–Crippen MR) is 62.3 cm³/mol. The van der Waals surface area contributed by atoms with Crippen molar-refractivity contribution in [2.45, 2.75) is 0 Å². The summed E-state index contributed by atoms with van der Waals surface area (Å²) in [5.41, 5.74) is 0. The zero-order valence-electron chi connectivity index (χ0n) is 9.35. The van der Waals surface area contributed by atoms with Crippen molar-refractivity contribution < 1.29 is 9.59 Å². The van der Waals surface area contributed by atoms with Gasteiger partial charge in [0.25, 0.3) is 0 Å². The molecule has 6 nitrogen and oxygen atoms in total. The van der Waals surface area contributed by atoms with E-state index >= 15 is 0 Å². The summed E-state index contributed by atoms with van der Waals surface area (Å²) >= 11 is 0. The Morgan fingerprint density at radius 1 is 1.29 bits per heavy atom. The number of anilines is 1. The van der Waals surface area contributed by atoms with Crippen LogP contribution in [0.4, 0.5) is 5.82 Å². The molecule has 0 aliphatic carbocycles. The molecule has 1 aliphatic rings. The highest BCUT2D eigenvalue weighted by Gasteiger charge is 2.23. The van der Waals surface area contributed by atoms with Crippen molar-refractivity contribution in [1.82, 2.24) is 15.2 Å². The van der Waals surface area contributed by atoms with Crippen LogP contribution in [0.5, 0.6) is 0 Å².